The topological polar surface area (TPSA) is 270 Å². The van der Waals surface area contributed by atoms with E-state index >= 15 is 0 Å². The smallest absolute Gasteiger partial charge is 0.408 e. The summed E-state index contributed by atoms with van der Waals surface area (Å²) in [5.74, 6) is -6.71. The van der Waals surface area contributed by atoms with Crippen molar-refractivity contribution < 1.29 is 57.3 Å². The van der Waals surface area contributed by atoms with E-state index in [1.54, 1.807) is 104 Å². The molecule has 0 spiro atoms. The molecule has 358 valence electrons. The Morgan fingerprint density at radius 3 is 1.89 bits per heavy atom. The number of amides is 5. The Bertz CT molecular complexity index is 2240. The average Bonchev–Trinajstić information content (AvgIpc) is 3.63. The number of aromatic nitrogens is 1. The summed E-state index contributed by atoms with van der Waals surface area (Å²) in [5.41, 5.74) is -0.361. The van der Waals surface area contributed by atoms with E-state index in [4.69, 9.17) is 18.9 Å². The fraction of sp³-hybridized carbons (Fsp3) is 0.522. The molecule has 3 aromatic rings. The predicted molar refractivity (Wildman–Crippen MR) is 243 cm³/mol. The number of carbonyl (C=O) groups excluding carboxylic acids is 8. The Morgan fingerprint density at radius 2 is 1.29 bits per heavy atom. The van der Waals surface area contributed by atoms with Gasteiger partial charge in [-0.3, -0.25) is 33.6 Å². The number of nitrogens with zero attached hydrogens (tertiary/aromatic N) is 2. The standard InChI is InChI=1S/C46H61N7O12S/c1-26(2)24-62-37(55)21-33(52-44(61)63-25-28-14-12-11-13-15-28)42(59)50-31(18-19-36(54)64-45(5,6)7)40(57)53-39(27(3)4)43(60)51-32(22-38(56)65-46(8,9)10)41(58)48-29-16-17-30-34(20-29)66-35(23-47)49-30/h11-17,20,26-27,31-33,39H,18-19,21-22,24-25H2,1-10H3,(H,48,58)(H,50,59)(H,51,60)(H,52,61)(H,53,57). The number of thiazole rings is 1. The summed E-state index contributed by atoms with van der Waals surface area (Å²) < 4.78 is 22.0. The number of benzene rings is 2. The van der Waals surface area contributed by atoms with Crippen molar-refractivity contribution in [1.82, 2.24) is 26.3 Å². The number of nitrogens with one attached hydrogen (secondary N) is 5. The monoisotopic (exact) mass is 935 g/mol. The molecule has 0 radical (unpaired) electrons. The van der Waals surface area contributed by atoms with Crippen LogP contribution in [0, 0.1) is 23.2 Å². The van der Waals surface area contributed by atoms with Crippen LogP contribution in [0.5, 0.6) is 0 Å². The summed E-state index contributed by atoms with van der Waals surface area (Å²) in [7, 11) is 0. The summed E-state index contributed by atoms with van der Waals surface area (Å²) >= 11 is 1.11. The van der Waals surface area contributed by atoms with Crippen LogP contribution in [0.2, 0.25) is 0 Å². The van der Waals surface area contributed by atoms with Crippen molar-refractivity contribution in [2.75, 3.05) is 11.9 Å². The van der Waals surface area contributed by atoms with Crippen molar-refractivity contribution in [1.29, 1.82) is 5.26 Å². The van der Waals surface area contributed by atoms with Crippen molar-refractivity contribution in [3.63, 3.8) is 0 Å². The second-order valence-electron chi connectivity index (χ2n) is 18.1. The zero-order valence-electron chi connectivity index (χ0n) is 39.0. The maximum atomic E-state index is 14.2. The van der Waals surface area contributed by atoms with Gasteiger partial charge in [0.1, 0.15) is 48.0 Å². The molecule has 66 heavy (non-hydrogen) atoms. The lowest BCUT2D eigenvalue weighted by Gasteiger charge is -2.28. The van der Waals surface area contributed by atoms with Gasteiger partial charge in [-0.2, -0.15) is 5.26 Å². The fourth-order valence-electron chi connectivity index (χ4n) is 5.89. The summed E-state index contributed by atoms with van der Waals surface area (Å²) in [5, 5.41) is 22.2. The molecule has 2 aromatic carbocycles. The number of alkyl carbamates (subject to hydrolysis) is 1. The molecule has 0 saturated heterocycles. The van der Waals surface area contributed by atoms with Gasteiger partial charge in [-0.1, -0.05) is 58.0 Å². The van der Waals surface area contributed by atoms with E-state index in [9.17, 15) is 43.6 Å². The lowest BCUT2D eigenvalue weighted by Crippen LogP contribution is -2.59. The number of rotatable bonds is 21. The molecule has 4 atom stereocenters. The third-order valence-electron chi connectivity index (χ3n) is 8.88. The van der Waals surface area contributed by atoms with Gasteiger partial charge in [0, 0.05) is 12.1 Å². The normalized spacial score (nSPS) is 13.3. The van der Waals surface area contributed by atoms with Gasteiger partial charge in [0.2, 0.25) is 23.6 Å². The van der Waals surface area contributed by atoms with Gasteiger partial charge in [-0.05, 0) is 83.6 Å². The van der Waals surface area contributed by atoms with Gasteiger partial charge < -0.3 is 45.5 Å². The van der Waals surface area contributed by atoms with E-state index in [1.807, 2.05) is 19.9 Å². The molecule has 4 unspecified atom stereocenters. The molecular formula is C46H61N7O12S. The molecule has 0 aliphatic carbocycles. The first-order valence-electron chi connectivity index (χ1n) is 21.4. The van der Waals surface area contributed by atoms with Gasteiger partial charge in [0.15, 0.2) is 5.01 Å². The van der Waals surface area contributed by atoms with E-state index in [-0.39, 0.29) is 42.7 Å². The molecule has 0 bridgehead atoms. The van der Waals surface area contributed by atoms with Crippen LogP contribution in [0.1, 0.15) is 105 Å². The van der Waals surface area contributed by atoms with Crippen LogP contribution in [0.3, 0.4) is 0 Å². The van der Waals surface area contributed by atoms with Crippen LogP contribution in [-0.4, -0.2) is 94.6 Å². The molecule has 0 fully saturated rings. The Morgan fingerprint density at radius 1 is 0.697 bits per heavy atom. The number of carbonyl (C=O) groups is 8. The number of fused-ring (bicyclic) bond motifs is 1. The van der Waals surface area contributed by atoms with Crippen molar-refractivity contribution in [2.45, 2.75) is 137 Å². The maximum absolute atomic E-state index is 14.2. The molecule has 3 rings (SSSR count). The molecule has 5 N–H and O–H groups in total. The van der Waals surface area contributed by atoms with E-state index < -0.39 is 102 Å². The molecule has 1 aromatic heterocycles. The Hall–Kier alpha value is -6.62. The fourth-order valence-corrected chi connectivity index (χ4v) is 6.69. The van der Waals surface area contributed by atoms with Crippen LogP contribution in [-0.2, 0) is 59.1 Å². The zero-order valence-corrected chi connectivity index (χ0v) is 39.8. The molecular weight excluding hydrogens is 875 g/mol. The molecule has 0 aliphatic heterocycles. The summed E-state index contributed by atoms with van der Waals surface area (Å²) in [6, 6.07) is 9.30. The number of nitriles is 1. The first-order chi connectivity index (χ1) is 30.8. The number of anilines is 1. The number of esters is 3. The Kier molecular flexibility index (Phi) is 20.0. The molecule has 0 saturated carbocycles. The molecule has 19 nitrogen and oxygen atoms in total. The summed E-state index contributed by atoms with van der Waals surface area (Å²) in [6.07, 6.45) is -3.05. The third-order valence-corrected chi connectivity index (χ3v) is 9.81. The first kappa shape index (κ1) is 53.7. The minimum Gasteiger partial charge on any atom is -0.465 e. The van der Waals surface area contributed by atoms with Crippen molar-refractivity contribution in [2.24, 2.45) is 11.8 Å². The van der Waals surface area contributed by atoms with Gasteiger partial charge in [0.05, 0.1) is 29.7 Å². The Balaban J connectivity index is 1.90. The molecule has 20 heteroatoms. The highest BCUT2D eigenvalue weighted by molar-refractivity contribution is 7.19. The zero-order chi connectivity index (χ0) is 49.4. The minimum absolute atomic E-state index is 0.0260. The number of ether oxygens (including phenoxy) is 4. The maximum Gasteiger partial charge on any atom is 0.408 e. The van der Waals surface area contributed by atoms with E-state index in [0.29, 0.717) is 15.8 Å². The van der Waals surface area contributed by atoms with Crippen LogP contribution in [0.4, 0.5) is 10.5 Å². The van der Waals surface area contributed by atoms with E-state index in [2.05, 4.69) is 31.6 Å². The molecule has 1 heterocycles. The van der Waals surface area contributed by atoms with Crippen molar-refractivity contribution in [3.05, 3.63) is 59.1 Å². The minimum atomic E-state index is -1.62. The lowest BCUT2D eigenvalue weighted by molar-refractivity contribution is -0.157. The highest BCUT2D eigenvalue weighted by atomic mass is 32.1. The van der Waals surface area contributed by atoms with Crippen LogP contribution in [0.25, 0.3) is 10.2 Å². The van der Waals surface area contributed by atoms with Crippen LogP contribution < -0.4 is 26.6 Å². The Labute approximate surface area is 388 Å². The molecule has 5 amide bonds. The highest BCUT2D eigenvalue weighted by Crippen LogP contribution is 2.25. The summed E-state index contributed by atoms with van der Waals surface area (Å²) in [4.78, 5) is 112. The second kappa shape index (κ2) is 24.6. The largest absolute Gasteiger partial charge is 0.465 e. The highest BCUT2D eigenvalue weighted by Gasteiger charge is 2.35. The van der Waals surface area contributed by atoms with Gasteiger partial charge in [-0.25, -0.2) is 9.78 Å². The van der Waals surface area contributed by atoms with Gasteiger partial charge in [0.25, 0.3) is 0 Å². The van der Waals surface area contributed by atoms with Gasteiger partial charge >= 0.3 is 24.0 Å². The van der Waals surface area contributed by atoms with E-state index in [0.717, 1.165) is 11.3 Å². The lowest BCUT2D eigenvalue weighted by atomic mass is 10.0. The first-order valence-corrected chi connectivity index (χ1v) is 22.2. The van der Waals surface area contributed by atoms with Gasteiger partial charge in [-0.15, -0.1) is 11.3 Å². The SMILES string of the molecule is CC(C)COC(=O)CC(NC(=O)OCc1ccccc1)C(=O)NC(CCC(=O)OC(C)(C)C)C(=O)NC(C(=O)NC(CC(=O)OC(C)(C)C)C(=O)Nc1ccc2nc(C#N)sc2c1)C(C)C. The second-order valence-corrected chi connectivity index (χ2v) is 19.1. The van der Waals surface area contributed by atoms with Crippen molar-refractivity contribution in [3.8, 4) is 6.07 Å². The third kappa shape index (κ3) is 19.2. The quantitative estimate of drug-likeness (QED) is 0.0699. The average molecular weight is 936 g/mol. The summed E-state index contributed by atoms with van der Waals surface area (Å²) in [6.45, 7) is 16.5. The molecule has 0 aliphatic rings. The van der Waals surface area contributed by atoms with E-state index in [1.165, 1.54) is 0 Å². The number of hydrogen-bond donors (Lipinski definition) is 5. The van der Waals surface area contributed by atoms with Crippen molar-refractivity contribution >= 4 is 74.9 Å². The number of hydrogen-bond acceptors (Lipinski definition) is 15. The van der Waals surface area contributed by atoms with Crippen LogP contribution >= 0.6 is 11.3 Å². The predicted octanol–water partition coefficient (Wildman–Crippen LogP) is 4.95. The van der Waals surface area contributed by atoms with Crippen LogP contribution in [0.15, 0.2) is 48.5 Å².